The van der Waals surface area contributed by atoms with Crippen LogP contribution in [0.4, 0.5) is 0 Å². The third kappa shape index (κ3) is 4.94. The van der Waals surface area contributed by atoms with Crippen molar-refractivity contribution in [3.63, 3.8) is 0 Å². The minimum Gasteiger partial charge on any atom is -0.496 e. The molecule has 3 unspecified atom stereocenters. The lowest BCUT2D eigenvalue weighted by molar-refractivity contribution is 0.0505. The van der Waals surface area contributed by atoms with Gasteiger partial charge >= 0.3 is 0 Å². The number of rotatable bonds is 5. The van der Waals surface area contributed by atoms with Crippen LogP contribution in [-0.4, -0.2) is 58.1 Å². The van der Waals surface area contributed by atoms with E-state index in [0.717, 1.165) is 67.7 Å². The summed E-state index contributed by atoms with van der Waals surface area (Å²) in [6.07, 6.45) is 5.93. The minimum absolute atomic E-state index is 0. The van der Waals surface area contributed by atoms with Crippen LogP contribution in [0.2, 0.25) is 5.02 Å². The summed E-state index contributed by atoms with van der Waals surface area (Å²) in [5, 5.41) is 7.86. The maximum Gasteiger partial charge on any atom is 0.191 e. The summed E-state index contributed by atoms with van der Waals surface area (Å²) < 4.78 is 17.3. The first kappa shape index (κ1) is 22.9. The van der Waals surface area contributed by atoms with Gasteiger partial charge in [0.25, 0.3) is 0 Å². The van der Waals surface area contributed by atoms with Crippen LogP contribution in [0.15, 0.2) is 23.2 Å². The van der Waals surface area contributed by atoms with E-state index in [1.165, 1.54) is 6.42 Å². The van der Waals surface area contributed by atoms with Gasteiger partial charge in [-0.25, -0.2) is 0 Å². The molecule has 2 N–H and O–H groups in total. The van der Waals surface area contributed by atoms with Crippen LogP contribution in [0.1, 0.15) is 37.7 Å². The van der Waals surface area contributed by atoms with Crippen molar-refractivity contribution in [2.24, 2.45) is 4.99 Å². The normalized spacial score (nSPS) is 28.0. The highest BCUT2D eigenvalue weighted by Crippen LogP contribution is 2.41. The predicted octanol–water partition coefficient (Wildman–Crippen LogP) is 3.50. The molecular weight excluding hydrogens is 505 g/mol. The Kier molecular flexibility index (Phi) is 7.92. The molecule has 6 nitrogen and oxygen atoms in total. The number of ether oxygens (including phenoxy) is 3. The fraction of sp³-hybridized carbons (Fsp3) is 0.667. The van der Waals surface area contributed by atoms with Gasteiger partial charge in [0.05, 0.1) is 25.4 Å². The molecule has 1 aromatic rings. The Labute approximate surface area is 195 Å². The fourth-order valence-corrected chi connectivity index (χ4v) is 4.98. The summed E-state index contributed by atoms with van der Waals surface area (Å²) in [6, 6.07) is 6.21. The average Bonchev–Trinajstić information content (AvgIpc) is 3.35. The second-order valence-corrected chi connectivity index (χ2v) is 8.46. The van der Waals surface area contributed by atoms with Crippen molar-refractivity contribution in [3.05, 3.63) is 28.8 Å². The molecule has 2 bridgehead atoms. The van der Waals surface area contributed by atoms with Crippen molar-refractivity contribution in [1.29, 1.82) is 0 Å². The number of hydrogen-bond acceptors (Lipinski definition) is 4. The fourth-order valence-electron chi connectivity index (χ4n) is 4.81. The summed E-state index contributed by atoms with van der Waals surface area (Å²) in [5.74, 6) is 1.70. The second kappa shape index (κ2) is 10.0. The molecular formula is C21H31ClIN3O3. The molecule has 3 fully saturated rings. The summed E-state index contributed by atoms with van der Waals surface area (Å²) in [7, 11) is 3.53. The van der Waals surface area contributed by atoms with Crippen molar-refractivity contribution in [2.75, 3.05) is 33.9 Å². The number of nitrogens with zero attached hydrogens (tertiary/aromatic N) is 1. The van der Waals surface area contributed by atoms with E-state index < -0.39 is 0 Å². The van der Waals surface area contributed by atoms with Crippen LogP contribution < -0.4 is 15.4 Å². The smallest absolute Gasteiger partial charge is 0.191 e. The van der Waals surface area contributed by atoms with Gasteiger partial charge in [-0.3, -0.25) is 4.99 Å². The van der Waals surface area contributed by atoms with E-state index in [4.69, 9.17) is 25.8 Å². The Morgan fingerprint density at radius 3 is 2.72 bits per heavy atom. The Morgan fingerprint density at radius 1 is 1.31 bits per heavy atom. The molecule has 0 aliphatic carbocycles. The van der Waals surface area contributed by atoms with Crippen molar-refractivity contribution in [3.8, 4) is 5.75 Å². The van der Waals surface area contributed by atoms with Crippen LogP contribution >= 0.6 is 35.6 Å². The first-order valence-electron chi connectivity index (χ1n) is 10.2. The standard InChI is InChI=1S/C21H30ClN3O3.HI/c1-23-20(25-17-12-15-4-6-19(17)28-15)24-13-21(7-9-27-10-8-21)16-11-14(22)3-5-18(16)26-2;/h3,5,11,15,17,19H,4,6-10,12-13H2,1-2H3,(H2,23,24,25);1H. The number of fused-ring (bicyclic) bond motifs is 2. The van der Waals surface area contributed by atoms with Crippen LogP contribution in [0.25, 0.3) is 0 Å². The third-order valence-corrected chi connectivity index (χ3v) is 6.66. The van der Waals surface area contributed by atoms with Crippen LogP contribution in [0.3, 0.4) is 0 Å². The van der Waals surface area contributed by atoms with Gasteiger partial charge in [0.2, 0.25) is 0 Å². The first-order chi connectivity index (χ1) is 13.6. The molecule has 162 valence electrons. The molecule has 3 aliphatic rings. The lowest BCUT2D eigenvalue weighted by Crippen LogP contribution is -2.52. The zero-order chi connectivity index (χ0) is 19.6. The first-order valence-corrected chi connectivity index (χ1v) is 10.6. The van der Waals surface area contributed by atoms with E-state index in [-0.39, 0.29) is 29.4 Å². The number of benzene rings is 1. The van der Waals surface area contributed by atoms with Gasteiger partial charge in [0.15, 0.2) is 5.96 Å². The quantitative estimate of drug-likeness (QED) is 0.343. The molecule has 3 saturated heterocycles. The van der Waals surface area contributed by atoms with Crippen LogP contribution in [-0.2, 0) is 14.9 Å². The second-order valence-electron chi connectivity index (χ2n) is 8.02. The molecule has 3 atom stereocenters. The van der Waals surface area contributed by atoms with E-state index in [0.29, 0.717) is 18.2 Å². The Morgan fingerprint density at radius 2 is 2.10 bits per heavy atom. The topological polar surface area (TPSA) is 64.1 Å². The van der Waals surface area contributed by atoms with Gasteiger partial charge in [-0.05, 0) is 50.3 Å². The summed E-state index contributed by atoms with van der Waals surface area (Å²) in [5.41, 5.74) is 1.02. The zero-order valence-corrected chi connectivity index (χ0v) is 20.2. The highest BCUT2D eigenvalue weighted by molar-refractivity contribution is 14.0. The largest absolute Gasteiger partial charge is 0.496 e. The Balaban J connectivity index is 0.00000240. The monoisotopic (exact) mass is 535 g/mol. The maximum atomic E-state index is 6.34. The lowest BCUT2D eigenvalue weighted by Gasteiger charge is -2.39. The average molecular weight is 536 g/mol. The zero-order valence-electron chi connectivity index (χ0n) is 17.1. The Bertz CT molecular complexity index is 727. The molecule has 0 amide bonds. The van der Waals surface area contributed by atoms with Gasteiger partial charge in [-0.1, -0.05) is 11.6 Å². The van der Waals surface area contributed by atoms with Crippen LogP contribution in [0, 0.1) is 0 Å². The number of guanidine groups is 1. The number of methoxy groups -OCH3 is 1. The van der Waals surface area contributed by atoms with Crippen LogP contribution in [0.5, 0.6) is 5.75 Å². The van der Waals surface area contributed by atoms with E-state index in [1.807, 2.05) is 25.2 Å². The van der Waals surface area contributed by atoms with Gasteiger partial charge < -0.3 is 24.8 Å². The third-order valence-electron chi connectivity index (χ3n) is 6.43. The molecule has 3 heterocycles. The lowest BCUT2D eigenvalue weighted by atomic mass is 9.73. The van der Waals surface area contributed by atoms with E-state index in [9.17, 15) is 0 Å². The molecule has 4 rings (SSSR count). The maximum absolute atomic E-state index is 6.34. The van der Waals surface area contributed by atoms with Gasteiger partial charge in [0, 0.05) is 42.8 Å². The number of nitrogens with one attached hydrogen (secondary N) is 2. The highest BCUT2D eigenvalue weighted by Gasteiger charge is 2.42. The van der Waals surface area contributed by atoms with Gasteiger partial charge in [-0.15, -0.1) is 24.0 Å². The van der Waals surface area contributed by atoms with Crippen molar-refractivity contribution in [2.45, 2.75) is 55.8 Å². The van der Waals surface area contributed by atoms with Crippen molar-refractivity contribution >= 4 is 41.5 Å². The number of aliphatic imine (C=N–C) groups is 1. The molecule has 3 aliphatic heterocycles. The number of halogens is 2. The highest BCUT2D eigenvalue weighted by atomic mass is 127. The molecule has 0 aromatic heterocycles. The minimum atomic E-state index is -0.114. The molecule has 1 aromatic carbocycles. The SMILES string of the molecule is CN=C(NCC1(c2cc(Cl)ccc2OC)CCOCC1)NC1CC2CCC1O2.I. The predicted molar refractivity (Wildman–Crippen MR) is 126 cm³/mol. The van der Waals surface area contributed by atoms with E-state index in [1.54, 1.807) is 7.11 Å². The summed E-state index contributed by atoms with van der Waals surface area (Å²) in [6.45, 7) is 2.20. The molecule has 0 saturated carbocycles. The van der Waals surface area contributed by atoms with Gasteiger partial charge in [-0.2, -0.15) is 0 Å². The summed E-state index contributed by atoms with van der Waals surface area (Å²) >= 11 is 6.34. The Hall–Kier alpha value is -0.770. The molecule has 8 heteroatoms. The van der Waals surface area contributed by atoms with Crippen molar-refractivity contribution in [1.82, 2.24) is 10.6 Å². The molecule has 29 heavy (non-hydrogen) atoms. The van der Waals surface area contributed by atoms with E-state index >= 15 is 0 Å². The summed E-state index contributed by atoms with van der Waals surface area (Å²) in [4.78, 5) is 4.45. The van der Waals surface area contributed by atoms with E-state index in [2.05, 4.69) is 15.6 Å². The number of hydrogen-bond donors (Lipinski definition) is 2. The van der Waals surface area contributed by atoms with Crippen molar-refractivity contribution < 1.29 is 14.2 Å². The molecule has 0 radical (unpaired) electrons. The van der Waals surface area contributed by atoms with Gasteiger partial charge in [0.1, 0.15) is 5.75 Å². The molecule has 0 spiro atoms.